The van der Waals surface area contributed by atoms with Gasteiger partial charge in [-0.1, -0.05) is 20.8 Å². The van der Waals surface area contributed by atoms with Crippen LogP contribution < -0.4 is 0 Å². The Labute approximate surface area is 102 Å². The Morgan fingerprint density at radius 3 is 2.62 bits per heavy atom. The van der Waals surface area contributed by atoms with Gasteiger partial charge in [0.25, 0.3) is 0 Å². The summed E-state index contributed by atoms with van der Waals surface area (Å²) in [6.07, 6.45) is 0.499. The second-order valence-electron chi connectivity index (χ2n) is 6.09. The van der Waals surface area contributed by atoms with E-state index in [-0.39, 0.29) is 23.7 Å². The van der Waals surface area contributed by atoms with Crippen LogP contribution in [-0.2, 0) is 9.16 Å². The van der Waals surface area contributed by atoms with Gasteiger partial charge in [-0.3, -0.25) is 0 Å². The molecular formula is C12H26O3Si. The number of rotatable bonds is 4. The molecule has 0 aliphatic carbocycles. The molecule has 3 atom stereocenters. The molecule has 4 heteroatoms. The van der Waals surface area contributed by atoms with Crippen LogP contribution in [0.2, 0.25) is 18.1 Å². The Morgan fingerprint density at radius 2 is 2.12 bits per heavy atom. The van der Waals surface area contributed by atoms with Crippen molar-refractivity contribution < 1.29 is 15.6 Å². The lowest BCUT2D eigenvalue weighted by molar-refractivity contribution is 0.0307. The third-order valence-electron chi connectivity index (χ3n) is 3.84. The zero-order chi connectivity index (χ0) is 13.3. The molecule has 3 nitrogen and oxygen atoms in total. The zero-order valence-corrected chi connectivity index (χ0v) is 12.1. The molecule has 1 N–H and O–H groups in total. The monoisotopic (exact) mass is 248 g/mol. The minimum atomic E-state index is -1.76. The Hall–Kier alpha value is 0.0969. The van der Waals surface area contributed by atoms with Gasteiger partial charge in [0.15, 0.2) is 8.32 Å². The second kappa shape index (κ2) is 5.17. The van der Waals surface area contributed by atoms with Gasteiger partial charge in [-0.2, -0.15) is 0 Å². The van der Waals surface area contributed by atoms with Crippen LogP contribution >= 0.6 is 0 Å². The van der Waals surface area contributed by atoms with Gasteiger partial charge in [-0.15, -0.1) is 0 Å². The molecule has 0 amide bonds. The maximum Gasteiger partial charge on any atom is 0.192 e. The first-order valence-corrected chi connectivity index (χ1v) is 8.91. The topological polar surface area (TPSA) is 38.7 Å². The normalized spacial score (nSPS) is 32.9. The summed E-state index contributed by atoms with van der Waals surface area (Å²) >= 11 is 0. The first kappa shape index (κ1) is 12.6. The van der Waals surface area contributed by atoms with Crippen LogP contribution in [-0.4, -0.2) is 39.3 Å². The second-order valence-corrected chi connectivity index (χ2v) is 10.9. The van der Waals surface area contributed by atoms with Gasteiger partial charge < -0.3 is 14.3 Å². The van der Waals surface area contributed by atoms with Gasteiger partial charge in [0, 0.05) is 19.1 Å². The molecular weight excluding hydrogens is 220 g/mol. The molecule has 0 radical (unpaired) electrons. The lowest BCUT2D eigenvalue weighted by Gasteiger charge is -2.37. The van der Waals surface area contributed by atoms with Crippen molar-refractivity contribution in [2.45, 2.75) is 51.4 Å². The lowest BCUT2D eigenvalue weighted by atomic mass is 10.0. The van der Waals surface area contributed by atoms with Crippen LogP contribution in [0.4, 0.5) is 0 Å². The van der Waals surface area contributed by atoms with E-state index in [0.29, 0.717) is 13.0 Å². The number of hydrogen-bond acceptors (Lipinski definition) is 3. The largest absolute Gasteiger partial charge is 0.414 e. The van der Waals surface area contributed by atoms with E-state index in [4.69, 9.17) is 10.5 Å². The molecule has 16 heavy (non-hydrogen) atoms. The fourth-order valence-corrected chi connectivity index (χ4v) is 2.45. The van der Waals surface area contributed by atoms with Crippen LogP contribution in [0.5, 0.6) is 0 Å². The summed E-state index contributed by atoms with van der Waals surface area (Å²) < 4.78 is 19.1. The van der Waals surface area contributed by atoms with E-state index in [0.717, 1.165) is 0 Å². The molecule has 0 aromatic heterocycles. The van der Waals surface area contributed by atoms with E-state index >= 15 is 0 Å². The molecule has 0 unspecified atom stereocenters. The van der Waals surface area contributed by atoms with Gasteiger partial charge in [0.1, 0.15) is 0 Å². The summed E-state index contributed by atoms with van der Waals surface area (Å²) in [7, 11) is -1.76. The Kier molecular flexibility index (Phi) is 4.05. The molecule has 0 bridgehead atoms. The number of hydrogen-bond donors (Lipinski definition) is 1. The Balaban J connectivity index is 2.50. The summed E-state index contributed by atoms with van der Waals surface area (Å²) in [6.45, 7) is 11.1. The van der Waals surface area contributed by atoms with Crippen LogP contribution in [0.15, 0.2) is 0 Å². The summed E-state index contributed by atoms with van der Waals surface area (Å²) in [5, 5.41) is 9.42. The molecule has 1 fully saturated rings. The fourth-order valence-electron chi connectivity index (χ4n) is 1.44. The minimum Gasteiger partial charge on any atom is -0.414 e. The van der Waals surface area contributed by atoms with E-state index in [1.807, 2.05) is 0 Å². The number of aliphatic hydroxyl groups excluding tert-OH is 1. The van der Waals surface area contributed by atoms with Gasteiger partial charge in [0.2, 0.25) is 0 Å². The lowest BCUT2D eigenvalue weighted by Crippen LogP contribution is -2.43. The molecule has 1 aliphatic heterocycles. The van der Waals surface area contributed by atoms with Crippen molar-refractivity contribution >= 4 is 8.32 Å². The molecule has 0 aromatic rings. The smallest absolute Gasteiger partial charge is 0.192 e. The van der Waals surface area contributed by atoms with Gasteiger partial charge in [0.05, 0.1) is 14.1 Å². The highest BCUT2D eigenvalue weighted by Gasteiger charge is 2.39. The molecule has 1 rings (SSSR count). The van der Waals surface area contributed by atoms with Crippen molar-refractivity contribution in [3.8, 4) is 0 Å². The average Bonchev–Trinajstić information content (AvgIpc) is 2.54. The highest BCUT2D eigenvalue weighted by molar-refractivity contribution is 6.74. The van der Waals surface area contributed by atoms with E-state index in [1.54, 1.807) is 0 Å². The highest BCUT2D eigenvalue weighted by atomic mass is 28.4. The zero-order valence-electron chi connectivity index (χ0n) is 12.1. The van der Waals surface area contributed by atoms with Crippen LogP contribution in [0.3, 0.4) is 0 Å². The number of ether oxygens (including phenoxy) is 1. The van der Waals surface area contributed by atoms with Gasteiger partial charge in [-0.05, 0) is 24.6 Å². The van der Waals surface area contributed by atoms with Crippen LogP contribution in [0.25, 0.3) is 0 Å². The molecule has 1 aliphatic rings. The predicted octanol–water partition coefficient (Wildman–Crippen LogP) is 2.41. The third-order valence-corrected chi connectivity index (χ3v) is 8.35. The summed E-state index contributed by atoms with van der Waals surface area (Å²) in [6, 6.07) is 0. The van der Waals surface area contributed by atoms with E-state index in [2.05, 4.69) is 33.9 Å². The summed E-state index contributed by atoms with van der Waals surface area (Å²) in [5.74, 6) is 0.0577. The summed E-state index contributed by atoms with van der Waals surface area (Å²) in [4.78, 5) is 0. The molecule has 0 saturated carbocycles. The molecule has 1 heterocycles. The standard InChI is InChI=1S/C12H26O3Si/c1-12(2,3)16(4,5)15-9-11-10(8-13)6-7-14-11/h10-11,13H,6-9H2,1-5H3/t10-,11-/m1/s1/i7T/t7-,10+,11+/m0. The first-order chi connectivity index (χ1) is 7.67. The maximum absolute atomic E-state index is 9.24. The van der Waals surface area contributed by atoms with E-state index in [9.17, 15) is 5.11 Å². The van der Waals surface area contributed by atoms with Crippen LogP contribution in [0, 0.1) is 5.92 Å². The van der Waals surface area contributed by atoms with Crippen molar-refractivity contribution in [2.75, 3.05) is 19.8 Å². The summed E-state index contributed by atoms with van der Waals surface area (Å²) in [5.41, 5.74) is 0. The SMILES string of the molecule is [3H][C@H]1C[C@H](CO)[C@@H](CO[Si](C)(C)C(C)(C)C)O1. The van der Waals surface area contributed by atoms with Crippen molar-refractivity contribution in [3.05, 3.63) is 0 Å². The van der Waals surface area contributed by atoms with Crippen molar-refractivity contribution in [3.63, 3.8) is 0 Å². The Bertz CT molecular complexity index is 253. The first-order valence-electron chi connectivity index (χ1n) is 6.57. The Morgan fingerprint density at radius 1 is 1.50 bits per heavy atom. The van der Waals surface area contributed by atoms with Crippen LogP contribution in [0.1, 0.15) is 28.6 Å². The quantitative estimate of drug-likeness (QED) is 0.777. The number of aliphatic hydroxyl groups is 1. The fraction of sp³-hybridized carbons (Fsp3) is 1.00. The van der Waals surface area contributed by atoms with Crippen molar-refractivity contribution in [1.29, 1.82) is 0 Å². The molecule has 1 saturated heterocycles. The maximum atomic E-state index is 9.24. The molecule has 96 valence electrons. The van der Waals surface area contributed by atoms with Crippen molar-refractivity contribution in [1.82, 2.24) is 0 Å². The predicted molar refractivity (Wildman–Crippen MR) is 68.1 cm³/mol. The minimum absolute atomic E-state index is 0.0577. The molecule has 0 spiro atoms. The van der Waals surface area contributed by atoms with Crippen molar-refractivity contribution in [2.24, 2.45) is 5.92 Å². The van der Waals surface area contributed by atoms with E-state index in [1.165, 1.54) is 0 Å². The van der Waals surface area contributed by atoms with E-state index < -0.39 is 14.9 Å². The molecule has 0 aromatic carbocycles. The average molecular weight is 248 g/mol. The van der Waals surface area contributed by atoms with Gasteiger partial charge in [-0.25, -0.2) is 0 Å². The van der Waals surface area contributed by atoms with Gasteiger partial charge >= 0.3 is 0 Å². The highest BCUT2D eigenvalue weighted by Crippen LogP contribution is 2.37. The third kappa shape index (κ3) is 3.29.